The van der Waals surface area contributed by atoms with Gasteiger partial charge in [-0.05, 0) is 24.6 Å². The summed E-state index contributed by atoms with van der Waals surface area (Å²) >= 11 is 0. The average Bonchev–Trinajstić information content (AvgIpc) is 2.46. The lowest BCUT2D eigenvalue weighted by Crippen LogP contribution is -2.31. The molecule has 4 nitrogen and oxygen atoms in total. The molecule has 1 fully saturated rings. The second-order valence-corrected chi connectivity index (χ2v) is 6.51. The van der Waals surface area contributed by atoms with Crippen LogP contribution in [0, 0.1) is 12.7 Å². The minimum atomic E-state index is -3.19. The van der Waals surface area contributed by atoms with Crippen molar-refractivity contribution in [2.75, 3.05) is 16.8 Å². The number of hydrogen-bond donors (Lipinski definition) is 2. The van der Waals surface area contributed by atoms with Gasteiger partial charge >= 0.3 is 0 Å². The molecule has 0 unspecified atom stereocenters. The smallest absolute Gasteiger partial charge is 0.155 e. The van der Waals surface area contributed by atoms with Crippen molar-refractivity contribution in [2.24, 2.45) is 0 Å². The Kier molecular flexibility index (Phi) is 3.09. The first-order chi connectivity index (χ1) is 7.87. The van der Waals surface area contributed by atoms with Gasteiger partial charge in [-0.15, -0.1) is 0 Å². The van der Waals surface area contributed by atoms with Crippen LogP contribution in [0.5, 0.6) is 0 Å². The van der Waals surface area contributed by atoms with E-state index in [4.69, 9.17) is 0 Å². The van der Waals surface area contributed by atoms with Gasteiger partial charge < -0.3 is 10.4 Å². The molecule has 1 saturated heterocycles. The van der Waals surface area contributed by atoms with E-state index >= 15 is 0 Å². The van der Waals surface area contributed by atoms with E-state index in [0.717, 1.165) is 0 Å². The summed E-state index contributed by atoms with van der Waals surface area (Å²) in [6, 6.07) is 4.00. The Bertz CT molecular complexity index is 530. The van der Waals surface area contributed by atoms with E-state index in [9.17, 15) is 17.9 Å². The van der Waals surface area contributed by atoms with Crippen LogP contribution < -0.4 is 5.32 Å². The Hall–Kier alpha value is -1.14. The van der Waals surface area contributed by atoms with Crippen LogP contribution in [-0.4, -0.2) is 37.2 Å². The number of nitrogens with one attached hydrogen (secondary N) is 1. The first-order valence-corrected chi connectivity index (χ1v) is 7.11. The Morgan fingerprint density at radius 1 is 1.41 bits per heavy atom. The molecule has 2 atom stereocenters. The summed E-state index contributed by atoms with van der Waals surface area (Å²) in [7, 11) is -3.19. The maximum atomic E-state index is 13.3. The van der Waals surface area contributed by atoms with E-state index in [1.54, 1.807) is 19.1 Å². The Morgan fingerprint density at radius 2 is 2.12 bits per heavy atom. The molecule has 17 heavy (non-hydrogen) atoms. The minimum Gasteiger partial charge on any atom is -0.390 e. The van der Waals surface area contributed by atoms with E-state index < -0.39 is 22.0 Å². The highest BCUT2D eigenvalue weighted by atomic mass is 32.2. The third kappa shape index (κ3) is 2.76. The molecule has 1 aromatic carbocycles. The van der Waals surface area contributed by atoms with Crippen LogP contribution in [0.25, 0.3) is 0 Å². The van der Waals surface area contributed by atoms with E-state index in [1.807, 2.05) is 0 Å². The minimum absolute atomic E-state index is 0.121. The van der Waals surface area contributed by atoms with Gasteiger partial charge in [0.25, 0.3) is 0 Å². The molecule has 0 spiro atoms. The SMILES string of the molecule is Cc1ccc(N[C@@H]2CS(=O)(=O)C[C@H]2O)cc1F. The van der Waals surface area contributed by atoms with Gasteiger partial charge in [-0.2, -0.15) is 0 Å². The molecular weight excluding hydrogens is 245 g/mol. The summed E-state index contributed by atoms with van der Waals surface area (Å²) < 4.78 is 35.9. The zero-order valence-electron chi connectivity index (χ0n) is 9.35. The van der Waals surface area contributed by atoms with Gasteiger partial charge in [0.05, 0.1) is 23.7 Å². The number of sulfone groups is 1. The molecule has 2 N–H and O–H groups in total. The van der Waals surface area contributed by atoms with Gasteiger partial charge in [0.15, 0.2) is 9.84 Å². The van der Waals surface area contributed by atoms with Crippen LogP contribution in [-0.2, 0) is 9.84 Å². The van der Waals surface area contributed by atoms with Gasteiger partial charge in [-0.25, -0.2) is 12.8 Å². The molecule has 0 saturated carbocycles. The molecule has 6 heteroatoms. The van der Waals surface area contributed by atoms with Crippen LogP contribution in [0.4, 0.5) is 10.1 Å². The number of halogens is 1. The second-order valence-electron chi connectivity index (χ2n) is 4.36. The van der Waals surface area contributed by atoms with Crippen LogP contribution in [0.15, 0.2) is 18.2 Å². The lowest BCUT2D eigenvalue weighted by Gasteiger charge is -2.16. The van der Waals surface area contributed by atoms with Crippen LogP contribution in [0.3, 0.4) is 0 Å². The molecule has 0 amide bonds. The van der Waals surface area contributed by atoms with E-state index in [0.29, 0.717) is 11.3 Å². The topological polar surface area (TPSA) is 66.4 Å². The lowest BCUT2D eigenvalue weighted by molar-refractivity contribution is 0.190. The van der Waals surface area contributed by atoms with Crippen molar-refractivity contribution in [1.82, 2.24) is 0 Å². The lowest BCUT2D eigenvalue weighted by atomic mass is 10.1. The zero-order chi connectivity index (χ0) is 12.6. The number of aliphatic hydroxyl groups is 1. The molecule has 0 radical (unpaired) electrons. The van der Waals surface area contributed by atoms with Gasteiger partial charge in [0.2, 0.25) is 0 Å². The normalized spacial score (nSPS) is 27.0. The fraction of sp³-hybridized carbons (Fsp3) is 0.455. The highest BCUT2D eigenvalue weighted by Gasteiger charge is 2.36. The number of hydrogen-bond acceptors (Lipinski definition) is 4. The molecule has 1 aromatic rings. The van der Waals surface area contributed by atoms with E-state index in [2.05, 4.69) is 5.32 Å². The van der Waals surface area contributed by atoms with Crippen molar-refractivity contribution < 1.29 is 17.9 Å². The van der Waals surface area contributed by atoms with Crippen molar-refractivity contribution in [3.63, 3.8) is 0 Å². The fourth-order valence-corrected chi connectivity index (χ4v) is 3.60. The number of anilines is 1. The molecule has 0 aromatic heterocycles. The Morgan fingerprint density at radius 3 is 2.65 bits per heavy atom. The number of benzene rings is 1. The zero-order valence-corrected chi connectivity index (χ0v) is 10.2. The van der Waals surface area contributed by atoms with Gasteiger partial charge in [-0.3, -0.25) is 0 Å². The standard InChI is InChI=1S/C11H14FNO3S/c1-7-2-3-8(4-9(7)12)13-10-5-17(15,16)6-11(10)14/h2-4,10-11,13-14H,5-6H2,1H3/t10-,11-/m1/s1. The molecular formula is C11H14FNO3S. The third-order valence-electron chi connectivity index (χ3n) is 2.85. The third-order valence-corrected chi connectivity index (χ3v) is 4.56. The first-order valence-electron chi connectivity index (χ1n) is 5.28. The Labute approximate surface area is 99.4 Å². The molecule has 0 bridgehead atoms. The van der Waals surface area contributed by atoms with Gasteiger partial charge in [0.1, 0.15) is 5.82 Å². The average molecular weight is 259 g/mol. The maximum absolute atomic E-state index is 13.3. The first kappa shape index (κ1) is 12.3. The number of aliphatic hydroxyl groups excluding tert-OH is 1. The molecule has 94 valence electrons. The summed E-state index contributed by atoms with van der Waals surface area (Å²) in [5.41, 5.74) is 1.00. The molecule has 1 aliphatic rings. The Balaban J connectivity index is 2.14. The molecule has 0 aliphatic carbocycles. The van der Waals surface area contributed by atoms with Crippen molar-refractivity contribution >= 4 is 15.5 Å². The van der Waals surface area contributed by atoms with Crippen molar-refractivity contribution in [3.8, 4) is 0 Å². The van der Waals surface area contributed by atoms with Gasteiger partial charge in [-0.1, -0.05) is 6.07 Å². The monoisotopic (exact) mass is 259 g/mol. The summed E-state index contributed by atoms with van der Waals surface area (Å²) in [5.74, 6) is -0.715. The highest BCUT2D eigenvalue weighted by molar-refractivity contribution is 7.91. The fourth-order valence-electron chi connectivity index (χ4n) is 1.86. The highest BCUT2D eigenvalue weighted by Crippen LogP contribution is 2.20. The molecule has 1 aliphatic heterocycles. The van der Waals surface area contributed by atoms with Crippen LogP contribution >= 0.6 is 0 Å². The maximum Gasteiger partial charge on any atom is 0.155 e. The van der Waals surface area contributed by atoms with Crippen molar-refractivity contribution in [2.45, 2.75) is 19.1 Å². The number of aryl methyl sites for hydroxylation is 1. The van der Waals surface area contributed by atoms with E-state index in [1.165, 1.54) is 6.07 Å². The van der Waals surface area contributed by atoms with Crippen LogP contribution in [0.1, 0.15) is 5.56 Å². The summed E-state index contributed by atoms with van der Waals surface area (Å²) in [6.45, 7) is 1.65. The number of rotatable bonds is 2. The predicted molar refractivity (Wildman–Crippen MR) is 63.2 cm³/mol. The van der Waals surface area contributed by atoms with Crippen molar-refractivity contribution in [1.29, 1.82) is 0 Å². The summed E-state index contributed by atoms with van der Waals surface area (Å²) in [5, 5.41) is 12.4. The summed E-state index contributed by atoms with van der Waals surface area (Å²) in [4.78, 5) is 0. The van der Waals surface area contributed by atoms with Gasteiger partial charge in [0, 0.05) is 5.69 Å². The second kappa shape index (κ2) is 4.27. The largest absolute Gasteiger partial charge is 0.390 e. The van der Waals surface area contributed by atoms with Crippen LogP contribution in [0.2, 0.25) is 0 Å². The quantitative estimate of drug-likeness (QED) is 0.820. The summed E-state index contributed by atoms with van der Waals surface area (Å²) in [6.07, 6.45) is -0.940. The van der Waals surface area contributed by atoms with Crippen molar-refractivity contribution in [3.05, 3.63) is 29.6 Å². The molecule has 2 rings (SSSR count). The van der Waals surface area contributed by atoms with E-state index in [-0.39, 0.29) is 17.3 Å². The molecule has 1 heterocycles. The predicted octanol–water partition coefficient (Wildman–Crippen LogP) is 0.704.